The first-order valence-electron chi connectivity index (χ1n) is 8.86. The van der Waals surface area contributed by atoms with Crippen molar-refractivity contribution in [3.8, 4) is 6.07 Å². The van der Waals surface area contributed by atoms with E-state index in [1.54, 1.807) is 6.20 Å². The first-order chi connectivity index (χ1) is 11.7. The minimum Gasteiger partial charge on any atom is -0.357 e. The molecule has 0 radical (unpaired) electrons. The molecule has 128 valence electrons. The molecule has 0 spiro atoms. The number of primary amides is 1. The maximum atomic E-state index is 11.8. The van der Waals surface area contributed by atoms with E-state index in [0.29, 0.717) is 17.5 Å². The molecular weight excluding hydrogens is 302 g/mol. The van der Waals surface area contributed by atoms with Crippen LogP contribution in [0.3, 0.4) is 0 Å². The number of nitriles is 1. The average molecular weight is 327 g/mol. The molecule has 0 aliphatic carbocycles. The monoisotopic (exact) mass is 327 g/mol. The van der Waals surface area contributed by atoms with E-state index >= 15 is 0 Å². The Labute approximate surface area is 143 Å². The van der Waals surface area contributed by atoms with E-state index in [0.717, 1.165) is 51.1 Å². The normalized spacial score (nSPS) is 22.7. The molecule has 2 amide bonds. The fraction of sp³-hybridized carbons (Fsp3) is 0.611. The van der Waals surface area contributed by atoms with Crippen LogP contribution in [0.5, 0.6) is 0 Å². The molecule has 6 nitrogen and oxygen atoms in total. The lowest BCUT2D eigenvalue weighted by atomic mass is 9.86. The molecule has 24 heavy (non-hydrogen) atoms. The first kappa shape index (κ1) is 16.6. The Bertz CT molecular complexity index is 601. The average Bonchev–Trinajstić information content (AvgIpc) is 2.88. The zero-order chi connectivity index (χ0) is 16.9. The summed E-state index contributed by atoms with van der Waals surface area (Å²) >= 11 is 0. The molecule has 0 saturated carbocycles. The number of piperidine rings is 1. The molecule has 2 saturated heterocycles. The summed E-state index contributed by atoms with van der Waals surface area (Å²) in [5.74, 6) is 1.45. The lowest BCUT2D eigenvalue weighted by Gasteiger charge is -2.40. The zero-order valence-electron chi connectivity index (χ0n) is 14.0. The molecule has 3 heterocycles. The predicted molar refractivity (Wildman–Crippen MR) is 92.4 cm³/mol. The number of carbonyl (C=O) groups excluding carboxylic acids is 1. The number of amides is 2. The van der Waals surface area contributed by atoms with Gasteiger partial charge in [-0.15, -0.1) is 0 Å². The third-order valence-electron chi connectivity index (χ3n) is 5.37. The van der Waals surface area contributed by atoms with Crippen LogP contribution in [0.4, 0.5) is 10.6 Å². The molecule has 0 bridgehead atoms. The number of nitrogens with two attached hydrogens (primary N) is 1. The lowest BCUT2D eigenvalue weighted by molar-refractivity contribution is 0.143. The van der Waals surface area contributed by atoms with Gasteiger partial charge in [-0.25, -0.2) is 9.78 Å². The highest BCUT2D eigenvalue weighted by molar-refractivity contribution is 5.72. The zero-order valence-corrected chi connectivity index (χ0v) is 14.0. The van der Waals surface area contributed by atoms with Crippen LogP contribution >= 0.6 is 0 Å². The van der Waals surface area contributed by atoms with Gasteiger partial charge in [0.15, 0.2) is 0 Å². The molecule has 2 aliphatic rings. The fourth-order valence-corrected chi connectivity index (χ4v) is 4.05. The summed E-state index contributed by atoms with van der Waals surface area (Å²) in [5, 5.41) is 8.86. The molecule has 1 aromatic heterocycles. The van der Waals surface area contributed by atoms with Crippen LogP contribution in [-0.4, -0.2) is 41.6 Å². The lowest BCUT2D eigenvalue weighted by Crippen LogP contribution is -2.49. The topological polar surface area (TPSA) is 86.3 Å². The maximum absolute atomic E-state index is 11.8. The summed E-state index contributed by atoms with van der Waals surface area (Å²) in [4.78, 5) is 20.4. The standard InChI is InChI=1S/C18H25N5O/c19-12-14-5-6-17(21-13-14)22-10-7-15(8-11-22)16-4-2-1-3-9-23(16)18(20)24/h5-6,13,15-16H,1-4,7-11H2,(H2,20,24)/t16-/m1/s1. The number of carbonyl (C=O) groups is 1. The SMILES string of the molecule is N#Cc1ccc(N2CCC([C@H]3CCCCCN3C(N)=O)CC2)nc1. The van der Waals surface area contributed by atoms with E-state index in [4.69, 9.17) is 11.0 Å². The van der Waals surface area contributed by atoms with Gasteiger partial charge in [0.25, 0.3) is 0 Å². The third-order valence-corrected chi connectivity index (χ3v) is 5.37. The second kappa shape index (κ2) is 7.52. The van der Waals surface area contributed by atoms with E-state index in [2.05, 4.69) is 16.0 Å². The van der Waals surface area contributed by atoms with Crippen molar-refractivity contribution in [2.24, 2.45) is 11.7 Å². The number of aromatic nitrogens is 1. The van der Waals surface area contributed by atoms with Crippen LogP contribution in [0, 0.1) is 17.2 Å². The quantitative estimate of drug-likeness (QED) is 0.904. The molecule has 1 atom stereocenters. The van der Waals surface area contributed by atoms with Gasteiger partial charge in [0.1, 0.15) is 11.9 Å². The van der Waals surface area contributed by atoms with E-state index in [1.165, 1.54) is 12.8 Å². The van der Waals surface area contributed by atoms with E-state index < -0.39 is 0 Å². The fourth-order valence-electron chi connectivity index (χ4n) is 4.05. The molecule has 0 unspecified atom stereocenters. The Balaban J connectivity index is 1.62. The van der Waals surface area contributed by atoms with Gasteiger partial charge in [-0.05, 0) is 43.7 Å². The van der Waals surface area contributed by atoms with E-state index in [9.17, 15) is 4.79 Å². The number of hydrogen-bond acceptors (Lipinski definition) is 4. The number of nitrogens with zero attached hydrogens (tertiary/aromatic N) is 4. The highest BCUT2D eigenvalue weighted by Crippen LogP contribution is 2.31. The van der Waals surface area contributed by atoms with Gasteiger partial charge < -0.3 is 15.5 Å². The Kier molecular flexibility index (Phi) is 5.19. The third kappa shape index (κ3) is 3.61. The molecule has 1 aromatic rings. The molecule has 2 N–H and O–H groups in total. The minimum atomic E-state index is -0.266. The van der Waals surface area contributed by atoms with Gasteiger partial charge in [0.05, 0.1) is 5.56 Å². The number of hydrogen-bond donors (Lipinski definition) is 1. The summed E-state index contributed by atoms with van der Waals surface area (Å²) in [5.41, 5.74) is 6.21. The number of likely N-dealkylation sites (tertiary alicyclic amines) is 1. The van der Waals surface area contributed by atoms with Crippen LogP contribution in [0.1, 0.15) is 44.1 Å². The summed E-state index contributed by atoms with van der Waals surface area (Å²) in [6.07, 6.45) is 8.24. The largest absolute Gasteiger partial charge is 0.357 e. The van der Waals surface area contributed by atoms with Crippen LogP contribution in [-0.2, 0) is 0 Å². The van der Waals surface area contributed by atoms with E-state index in [-0.39, 0.29) is 6.03 Å². The second-order valence-electron chi connectivity index (χ2n) is 6.79. The Morgan fingerprint density at radius 1 is 1.17 bits per heavy atom. The van der Waals surface area contributed by atoms with Gasteiger partial charge in [0.2, 0.25) is 0 Å². The van der Waals surface area contributed by atoms with Crippen molar-refractivity contribution in [1.82, 2.24) is 9.88 Å². The molecule has 0 aromatic carbocycles. The maximum Gasteiger partial charge on any atom is 0.315 e. The molecule has 2 fully saturated rings. The second-order valence-corrected chi connectivity index (χ2v) is 6.79. The van der Waals surface area contributed by atoms with E-state index in [1.807, 2.05) is 17.0 Å². The van der Waals surface area contributed by atoms with Crippen molar-refractivity contribution in [2.45, 2.75) is 44.6 Å². The van der Waals surface area contributed by atoms with Crippen LogP contribution in [0.2, 0.25) is 0 Å². The van der Waals surface area contributed by atoms with Gasteiger partial charge >= 0.3 is 6.03 Å². The molecule has 2 aliphatic heterocycles. The molecule has 6 heteroatoms. The first-order valence-corrected chi connectivity index (χ1v) is 8.86. The van der Waals surface area contributed by atoms with Crippen molar-refractivity contribution < 1.29 is 4.79 Å². The van der Waals surface area contributed by atoms with Crippen LogP contribution in [0.15, 0.2) is 18.3 Å². The van der Waals surface area contributed by atoms with Crippen LogP contribution in [0.25, 0.3) is 0 Å². The highest BCUT2D eigenvalue weighted by atomic mass is 16.2. The summed E-state index contributed by atoms with van der Waals surface area (Å²) in [7, 11) is 0. The Morgan fingerprint density at radius 3 is 2.58 bits per heavy atom. The smallest absolute Gasteiger partial charge is 0.315 e. The number of urea groups is 1. The van der Waals surface area contributed by atoms with Gasteiger partial charge in [0, 0.05) is 31.9 Å². The number of pyridine rings is 1. The number of rotatable bonds is 2. The van der Waals surface area contributed by atoms with Crippen molar-refractivity contribution in [3.05, 3.63) is 23.9 Å². The van der Waals surface area contributed by atoms with Crippen molar-refractivity contribution >= 4 is 11.8 Å². The summed E-state index contributed by atoms with van der Waals surface area (Å²) in [6.45, 7) is 2.68. The van der Waals surface area contributed by atoms with Crippen molar-refractivity contribution in [1.29, 1.82) is 5.26 Å². The Morgan fingerprint density at radius 2 is 1.96 bits per heavy atom. The van der Waals surface area contributed by atoms with Crippen molar-refractivity contribution in [3.63, 3.8) is 0 Å². The van der Waals surface area contributed by atoms with Gasteiger partial charge in [-0.3, -0.25) is 0 Å². The minimum absolute atomic E-state index is 0.266. The van der Waals surface area contributed by atoms with Gasteiger partial charge in [-0.2, -0.15) is 5.26 Å². The van der Waals surface area contributed by atoms with Gasteiger partial charge in [-0.1, -0.05) is 12.8 Å². The summed E-state index contributed by atoms with van der Waals surface area (Å²) < 4.78 is 0. The highest BCUT2D eigenvalue weighted by Gasteiger charge is 2.33. The summed E-state index contributed by atoms with van der Waals surface area (Å²) in [6, 6.07) is 5.86. The molecule has 3 rings (SSSR count). The predicted octanol–water partition coefficient (Wildman–Crippen LogP) is 2.49. The van der Waals surface area contributed by atoms with Crippen molar-refractivity contribution in [2.75, 3.05) is 24.5 Å². The number of anilines is 1. The van der Waals surface area contributed by atoms with Crippen LogP contribution < -0.4 is 10.6 Å². The molecular formula is C18H25N5O. The Hall–Kier alpha value is -2.29.